The number of hydrogen-bond acceptors (Lipinski definition) is 8. The van der Waals surface area contributed by atoms with Gasteiger partial charge in [0.2, 0.25) is 5.95 Å². The Balaban J connectivity index is 1.44. The molecule has 5 rings (SSSR count). The molecule has 1 aromatic heterocycles. The van der Waals surface area contributed by atoms with Gasteiger partial charge in [0.15, 0.2) is 5.82 Å². The number of para-hydroxylation sites is 1. The van der Waals surface area contributed by atoms with Gasteiger partial charge < -0.3 is 20.3 Å². The number of rotatable bonds is 6. The van der Waals surface area contributed by atoms with Crippen molar-refractivity contribution in [1.82, 2.24) is 15.3 Å². The quantitative estimate of drug-likeness (QED) is 0.539. The standard InChI is InChI=1S/C25H30N6O3S/c1-25(2)17-31(35(32,33)22-7-5-4-6-21(22)34-3)23-20(25)16-27-24(29-23)28-18-8-10-19(11-9-18)30-14-12-26-13-15-30/h4-11,16,26H,12-15,17H2,1-3H3,(H,27,28,29). The molecule has 0 spiro atoms. The van der Waals surface area contributed by atoms with E-state index < -0.39 is 15.4 Å². The van der Waals surface area contributed by atoms with E-state index in [4.69, 9.17) is 4.74 Å². The zero-order valence-electron chi connectivity index (χ0n) is 20.2. The van der Waals surface area contributed by atoms with Crippen molar-refractivity contribution >= 4 is 33.2 Å². The number of sulfonamides is 1. The Morgan fingerprint density at radius 3 is 2.49 bits per heavy atom. The maximum absolute atomic E-state index is 13.7. The van der Waals surface area contributed by atoms with Crippen molar-refractivity contribution in [3.05, 3.63) is 60.3 Å². The molecule has 0 atom stereocenters. The number of nitrogens with zero attached hydrogens (tertiary/aromatic N) is 4. The molecular formula is C25H30N6O3S. The van der Waals surface area contributed by atoms with E-state index in [1.807, 2.05) is 26.0 Å². The maximum atomic E-state index is 13.7. The van der Waals surface area contributed by atoms with Crippen LogP contribution in [0, 0.1) is 0 Å². The van der Waals surface area contributed by atoms with Gasteiger partial charge in [0.25, 0.3) is 10.0 Å². The van der Waals surface area contributed by atoms with E-state index >= 15 is 0 Å². The maximum Gasteiger partial charge on any atom is 0.269 e. The molecule has 3 aromatic rings. The van der Waals surface area contributed by atoms with E-state index in [0.29, 0.717) is 17.5 Å². The molecule has 2 aromatic carbocycles. The summed E-state index contributed by atoms with van der Waals surface area (Å²) in [5.74, 6) is 1.03. The molecular weight excluding hydrogens is 464 g/mol. The van der Waals surface area contributed by atoms with Crippen LogP contribution in [0.4, 0.5) is 23.1 Å². The number of ether oxygens (including phenoxy) is 1. The first-order valence-electron chi connectivity index (χ1n) is 11.7. The molecule has 184 valence electrons. The third-order valence-corrected chi connectivity index (χ3v) is 8.29. The summed E-state index contributed by atoms with van der Waals surface area (Å²) in [6.45, 7) is 8.17. The Bertz CT molecular complexity index is 1320. The molecule has 1 saturated heterocycles. The topological polar surface area (TPSA) is 99.7 Å². The summed E-state index contributed by atoms with van der Waals surface area (Å²) < 4.78 is 34.0. The molecule has 2 aliphatic rings. The Morgan fingerprint density at radius 2 is 1.77 bits per heavy atom. The van der Waals surface area contributed by atoms with Gasteiger partial charge in [-0.05, 0) is 36.4 Å². The Kier molecular flexibility index (Phi) is 6.02. The predicted octanol–water partition coefficient (Wildman–Crippen LogP) is 3.12. The van der Waals surface area contributed by atoms with Gasteiger partial charge in [0.1, 0.15) is 10.6 Å². The van der Waals surface area contributed by atoms with Crippen molar-refractivity contribution in [2.75, 3.05) is 54.4 Å². The van der Waals surface area contributed by atoms with Crippen LogP contribution in [-0.4, -0.2) is 58.2 Å². The molecule has 2 N–H and O–H groups in total. The minimum atomic E-state index is -3.89. The Hall–Kier alpha value is -3.37. The third kappa shape index (κ3) is 4.39. The van der Waals surface area contributed by atoms with E-state index in [-0.39, 0.29) is 11.4 Å². The second-order valence-corrected chi connectivity index (χ2v) is 11.2. The SMILES string of the molecule is COc1ccccc1S(=O)(=O)N1CC(C)(C)c2cnc(Nc3ccc(N4CCNCC4)cc3)nc21. The lowest BCUT2D eigenvalue weighted by atomic mass is 9.89. The molecule has 35 heavy (non-hydrogen) atoms. The first-order chi connectivity index (χ1) is 16.8. The minimum absolute atomic E-state index is 0.114. The van der Waals surface area contributed by atoms with E-state index in [1.165, 1.54) is 17.1 Å². The Morgan fingerprint density at radius 1 is 1.06 bits per heavy atom. The predicted molar refractivity (Wildman–Crippen MR) is 137 cm³/mol. The number of methoxy groups -OCH3 is 1. The van der Waals surface area contributed by atoms with Gasteiger partial charge in [-0.2, -0.15) is 4.98 Å². The van der Waals surface area contributed by atoms with Crippen LogP contribution < -0.4 is 24.6 Å². The number of hydrogen-bond donors (Lipinski definition) is 2. The van der Waals surface area contributed by atoms with E-state index in [0.717, 1.165) is 37.4 Å². The van der Waals surface area contributed by atoms with Gasteiger partial charge >= 0.3 is 0 Å². The fourth-order valence-electron chi connectivity index (χ4n) is 4.58. The van der Waals surface area contributed by atoms with Crippen molar-refractivity contribution < 1.29 is 13.2 Å². The summed E-state index contributed by atoms with van der Waals surface area (Å²) in [5.41, 5.74) is 2.35. The summed E-state index contributed by atoms with van der Waals surface area (Å²) in [5, 5.41) is 6.59. The molecule has 0 bridgehead atoms. The lowest BCUT2D eigenvalue weighted by Gasteiger charge is -2.29. The highest BCUT2D eigenvalue weighted by Gasteiger charge is 2.43. The van der Waals surface area contributed by atoms with E-state index in [2.05, 4.69) is 37.6 Å². The lowest BCUT2D eigenvalue weighted by molar-refractivity contribution is 0.402. The van der Waals surface area contributed by atoms with Crippen LogP contribution in [0.5, 0.6) is 5.75 Å². The van der Waals surface area contributed by atoms with Crippen LogP contribution in [-0.2, 0) is 15.4 Å². The largest absolute Gasteiger partial charge is 0.495 e. The molecule has 0 unspecified atom stereocenters. The number of piperazine rings is 1. The van der Waals surface area contributed by atoms with Gasteiger partial charge in [-0.3, -0.25) is 0 Å². The van der Waals surface area contributed by atoms with Crippen molar-refractivity contribution in [1.29, 1.82) is 0 Å². The molecule has 9 nitrogen and oxygen atoms in total. The molecule has 0 radical (unpaired) electrons. The second kappa shape index (κ2) is 9.01. The fourth-order valence-corrected chi connectivity index (χ4v) is 6.33. The Labute approximate surface area is 206 Å². The van der Waals surface area contributed by atoms with Crippen molar-refractivity contribution in [2.45, 2.75) is 24.2 Å². The summed E-state index contributed by atoms with van der Waals surface area (Å²) in [6, 6.07) is 14.8. The smallest absolute Gasteiger partial charge is 0.269 e. The van der Waals surface area contributed by atoms with Crippen molar-refractivity contribution in [2.24, 2.45) is 0 Å². The van der Waals surface area contributed by atoms with Gasteiger partial charge in [-0.15, -0.1) is 0 Å². The molecule has 3 heterocycles. The van der Waals surface area contributed by atoms with Crippen LogP contribution in [0.2, 0.25) is 0 Å². The van der Waals surface area contributed by atoms with Crippen molar-refractivity contribution in [3.8, 4) is 5.75 Å². The normalized spacial score (nSPS) is 17.2. The highest BCUT2D eigenvalue weighted by atomic mass is 32.2. The molecule has 0 saturated carbocycles. The number of nitrogens with one attached hydrogen (secondary N) is 2. The van der Waals surface area contributed by atoms with Crippen LogP contribution >= 0.6 is 0 Å². The van der Waals surface area contributed by atoms with E-state index in [9.17, 15) is 8.42 Å². The molecule has 0 amide bonds. The zero-order valence-corrected chi connectivity index (χ0v) is 21.0. The first-order valence-corrected chi connectivity index (χ1v) is 13.1. The molecule has 0 aliphatic carbocycles. The van der Waals surface area contributed by atoms with Crippen LogP contribution in [0.3, 0.4) is 0 Å². The van der Waals surface area contributed by atoms with Crippen LogP contribution in [0.15, 0.2) is 59.6 Å². The second-order valence-electron chi connectivity index (χ2n) is 9.39. The summed E-state index contributed by atoms with van der Waals surface area (Å²) >= 11 is 0. The van der Waals surface area contributed by atoms with E-state index in [1.54, 1.807) is 30.5 Å². The minimum Gasteiger partial charge on any atom is -0.495 e. The highest BCUT2D eigenvalue weighted by molar-refractivity contribution is 7.93. The summed E-state index contributed by atoms with van der Waals surface area (Å²) in [7, 11) is -2.43. The lowest BCUT2D eigenvalue weighted by Crippen LogP contribution is -2.43. The summed E-state index contributed by atoms with van der Waals surface area (Å²) in [6.07, 6.45) is 1.72. The van der Waals surface area contributed by atoms with Crippen LogP contribution in [0.1, 0.15) is 19.4 Å². The molecule has 2 aliphatic heterocycles. The monoisotopic (exact) mass is 494 g/mol. The van der Waals surface area contributed by atoms with Gasteiger partial charge in [0, 0.05) is 61.3 Å². The first kappa shape index (κ1) is 23.4. The number of aromatic nitrogens is 2. The number of fused-ring (bicyclic) bond motifs is 1. The highest BCUT2D eigenvalue weighted by Crippen LogP contribution is 2.43. The average molecular weight is 495 g/mol. The number of benzene rings is 2. The van der Waals surface area contributed by atoms with Crippen molar-refractivity contribution in [3.63, 3.8) is 0 Å². The molecule has 1 fully saturated rings. The zero-order chi connectivity index (χ0) is 24.6. The molecule has 10 heteroatoms. The summed E-state index contributed by atoms with van der Waals surface area (Å²) in [4.78, 5) is 11.6. The van der Waals surface area contributed by atoms with Gasteiger partial charge in [0.05, 0.1) is 7.11 Å². The number of anilines is 4. The van der Waals surface area contributed by atoms with Gasteiger partial charge in [-0.1, -0.05) is 26.0 Å². The van der Waals surface area contributed by atoms with Crippen LogP contribution in [0.25, 0.3) is 0 Å². The van der Waals surface area contributed by atoms with Gasteiger partial charge in [-0.25, -0.2) is 17.7 Å². The average Bonchev–Trinajstić information content (AvgIpc) is 3.15. The fraction of sp³-hybridized carbons (Fsp3) is 0.360. The third-order valence-electron chi connectivity index (χ3n) is 6.52.